The van der Waals surface area contributed by atoms with Gasteiger partial charge in [0.1, 0.15) is 5.75 Å². The molecule has 0 saturated heterocycles. The molecule has 2 N–H and O–H groups in total. The highest BCUT2D eigenvalue weighted by atomic mass is 32.2. The van der Waals surface area contributed by atoms with E-state index in [9.17, 15) is 0 Å². The largest absolute Gasteiger partial charge is 0.496 e. The fourth-order valence-corrected chi connectivity index (χ4v) is 3.43. The average molecular weight is 275 g/mol. The smallest absolute Gasteiger partial charge is 0.168 e. The molecular formula is C14H17N3OS. The molecule has 19 heavy (non-hydrogen) atoms. The second kappa shape index (κ2) is 4.90. The first-order valence-corrected chi connectivity index (χ1v) is 7.30. The second-order valence-corrected chi connectivity index (χ2v) is 5.66. The van der Waals surface area contributed by atoms with Gasteiger partial charge in [-0.1, -0.05) is 23.4 Å². The van der Waals surface area contributed by atoms with Crippen LogP contribution in [0.4, 0.5) is 0 Å². The Balaban J connectivity index is 2.19. The van der Waals surface area contributed by atoms with Crippen molar-refractivity contribution >= 4 is 11.8 Å². The number of hydrogen-bond donors (Lipinski definition) is 1. The van der Waals surface area contributed by atoms with E-state index in [0.717, 1.165) is 40.2 Å². The van der Waals surface area contributed by atoms with E-state index < -0.39 is 0 Å². The normalized spacial score (nSPS) is 13.6. The Morgan fingerprint density at radius 1 is 1.47 bits per heavy atom. The van der Waals surface area contributed by atoms with E-state index in [2.05, 4.69) is 17.6 Å². The molecule has 100 valence electrons. The van der Waals surface area contributed by atoms with Gasteiger partial charge in [0, 0.05) is 24.4 Å². The Morgan fingerprint density at radius 3 is 3.05 bits per heavy atom. The molecule has 0 spiro atoms. The van der Waals surface area contributed by atoms with Crippen LogP contribution in [0.2, 0.25) is 0 Å². The molecule has 2 heterocycles. The predicted octanol–water partition coefficient (Wildman–Crippen LogP) is 2.43. The summed E-state index contributed by atoms with van der Waals surface area (Å²) in [5, 5.41) is 1.07. The topological polar surface area (TPSA) is 53.1 Å². The monoisotopic (exact) mass is 275 g/mol. The number of nitrogens with two attached hydrogens (primary N) is 1. The van der Waals surface area contributed by atoms with Crippen LogP contribution in [0.5, 0.6) is 5.75 Å². The number of fused-ring (bicyclic) bond motifs is 1. The number of rotatable bonds is 3. The third-order valence-electron chi connectivity index (χ3n) is 3.39. The van der Waals surface area contributed by atoms with Crippen molar-refractivity contribution in [1.29, 1.82) is 0 Å². The predicted molar refractivity (Wildman–Crippen MR) is 77.6 cm³/mol. The Hall–Kier alpha value is -1.46. The standard InChI is InChI=1S/C14H17N3OS/c1-9-3-4-12(18-2)10(7-9)13-11(8-15)17-5-6-19-14(17)16-13/h3-4,7H,5-6,8,15H2,1-2H3. The SMILES string of the molecule is COc1ccc(C)cc1-c1nc2n(c1CN)CCS2. The highest BCUT2D eigenvalue weighted by Crippen LogP contribution is 2.37. The van der Waals surface area contributed by atoms with E-state index in [1.165, 1.54) is 5.56 Å². The summed E-state index contributed by atoms with van der Waals surface area (Å²) in [6.45, 7) is 3.57. The number of imidazole rings is 1. The van der Waals surface area contributed by atoms with Crippen LogP contribution in [0.25, 0.3) is 11.3 Å². The minimum atomic E-state index is 0.500. The van der Waals surface area contributed by atoms with Gasteiger partial charge in [-0.25, -0.2) is 4.98 Å². The van der Waals surface area contributed by atoms with Crippen LogP contribution in [0, 0.1) is 6.92 Å². The second-order valence-electron chi connectivity index (χ2n) is 4.60. The van der Waals surface area contributed by atoms with Crippen molar-refractivity contribution in [2.75, 3.05) is 12.9 Å². The highest BCUT2D eigenvalue weighted by Gasteiger charge is 2.23. The third kappa shape index (κ3) is 2.03. The van der Waals surface area contributed by atoms with Gasteiger partial charge in [-0.2, -0.15) is 0 Å². The summed E-state index contributed by atoms with van der Waals surface area (Å²) >= 11 is 1.79. The van der Waals surface area contributed by atoms with Gasteiger partial charge in [0.2, 0.25) is 0 Å². The Kier molecular flexibility index (Phi) is 3.24. The molecule has 0 bridgehead atoms. The van der Waals surface area contributed by atoms with Crippen molar-refractivity contribution in [3.8, 4) is 17.0 Å². The number of hydrogen-bond acceptors (Lipinski definition) is 4. The van der Waals surface area contributed by atoms with Crippen LogP contribution < -0.4 is 10.5 Å². The zero-order valence-corrected chi connectivity index (χ0v) is 12.0. The van der Waals surface area contributed by atoms with E-state index in [4.69, 9.17) is 15.5 Å². The minimum Gasteiger partial charge on any atom is -0.496 e. The maximum absolute atomic E-state index is 5.92. The molecule has 0 atom stereocenters. The molecule has 2 aromatic rings. The molecule has 1 aliphatic heterocycles. The highest BCUT2D eigenvalue weighted by molar-refractivity contribution is 7.99. The Labute approximate surface area is 117 Å². The van der Waals surface area contributed by atoms with E-state index >= 15 is 0 Å². The molecule has 5 heteroatoms. The molecule has 0 amide bonds. The number of ether oxygens (including phenoxy) is 1. The summed E-state index contributed by atoms with van der Waals surface area (Å²) in [7, 11) is 1.69. The van der Waals surface area contributed by atoms with Crippen molar-refractivity contribution in [2.45, 2.75) is 25.2 Å². The van der Waals surface area contributed by atoms with Gasteiger partial charge in [-0.05, 0) is 19.1 Å². The number of aromatic nitrogens is 2. The van der Waals surface area contributed by atoms with Crippen LogP contribution in [-0.2, 0) is 13.1 Å². The first kappa shape index (κ1) is 12.6. The van der Waals surface area contributed by atoms with E-state index in [1.54, 1.807) is 18.9 Å². The molecule has 1 aromatic carbocycles. The van der Waals surface area contributed by atoms with Crippen molar-refractivity contribution in [2.24, 2.45) is 5.73 Å². The number of nitrogens with zero attached hydrogens (tertiary/aromatic N) is 2. The Bertz CT molecular complexity index is 621. The molecule has 3 rings (SSSR count). The molecule has 0 aliphatic carbocycles. The molecule has 0 unspecified atom stereocenters. The van der Waals surface area contributed by atoms with Gasteiger partial charge in [0.05, 0.1) is 18.5 Å². The summed E-state index contributed by atoms with van der Waals surface area (Å²) in [5.41, 5.74) is 10.2. The summed E-state index contributed by atoms with van der Waals surface area (Å²) in [5.74, 6) is 1.93. The van der Waals surface area contributed by atoms with Crippen LogP contribution >= 0.6 is 11.8 Å². The lowest BCUT2D eigenvalue weighted by atomic mass is 10.1. The van der Waals surface area contributed by atoms with Crippen molar-refractivity contribution in [3.63, 3.8) is 0 Å². The van der Waals surface area contributed by atoms with Crippen LogP contribution in [0.15, 0.2) is 23.4 Å². The van der Waals surface area contributed by atoms with Gasteiger partial charge >= 0.3 is 0 Å². The maximum Gasteiger partial charge on any atom is 0.168 e. The van der Waals surface area contributed by atoms with E-state index in [-0.39, 0.29) is 0 Å². The van der Waals surface area contributed by atoms with Gasteiger partial charge < -0.3 is 15.0 Å². The lowest BCUT2D eigenvalue weighted by Crippen LogP contribution is -2.07. The molecule has 1 aliphatic rings. The third-order valence-corrected chi connectivity index (χ3v) is 4.34. The summed E-state index contributed by atoms with van der Waals surface area (Å²) in [6, 6.07) is 6.15. The summed E-state index contributed by atoms with van der Waals surface area (Å²) < 4.78 is 7.68. The van der Waals surface area contributed by atoms with Crippen LogP contribution in [0.1, 0.15) is 11.3 Å². The first-order chi connectivity index (χ1) is 9.24. The lowest BCUT2D eigenvalue weighted by molar-refractivity contribution is 0.416. The van der Waals surface area contributed by atoms with Gasteiger partial charge in [-0.15, -0.1) is 0 Å². The number of aryl methyl sites for hydroxylation is 1. The quantitative estimate of drug-likeness (QED) is 0.934. The number of methoxy groups -OCH3 is 1. The van der Waals surface area contributed by atoms with Gasteiger partial charge in [0.15, 0.2) is 5.16 Å². The fourth-order valence-electron chi connectivity index (χ4n) is 2.46. The summed E-state index contributed by atoms with van der Waals surface area (Å²) in [6.07, 6.45) is 0. The zero-order valence-electron chi connectivity index (χ0n) is 11.1. The van der Waals surface area contributed by atoms with Gasteiger partial charge in [0.25, 0.3) is 0 Å². The Morgan fingerprint density at radius 2 is 2.32 bits per heavy atom. The first-order valence-electron chi connectivity index (χ1n) is 6.32. The molecular weight excluding hydrogens is 258 g/mol. The van der Waals surface area contributed by atoms with Crippen LogP contribution in [0.3, 0.4) is 0 Å². The maximum atomic E-state index is 5.92. The van der Waals surface area contributed by atoms with Crippen molar-refractivity contribution in [1.82, 2.24) is 9.55 Å². The van der Waals surface area contributed by atoms with Crippen molar-refractivity contribution < 1.29 is 4.74 Å². The van der Waals surface area contributed by atoms with Crippen LogP contribution in [-0.4, -0.2) is 22.4 Å². The van der Waals surface area contributed by atoms with Gasteiger partial charge in [-0.3, -0.25) is 0 Å². The molecule has 1 aromatic heterocycles. The minimum absolute atomic E-state index is 0.500. The lowest BCUT2D eigenvalue weighted by Gasteiger charge is -2.10. The fraction of sp³-hybridized carbons (Fsp3) is 0.357. The molecule has 0 fully saturated rings. The average Bonchev–Trinajstić information content (AvgIpc) is 2.98. The number of thioether (sulfide) groups is 1. The number of benzene rings is 1. The van der Waals surface area contributed by atoms with Crippen molar-refractivity contribution in [3.05, 3.63) is 29.5 Å². The van der Waals surface area contributed by atoms with E-state index in [1.807, 2.05) is 12.1 Å². The van der Waals surface area contributed by atoms with E-state index in [0.29, 0.717) is 6.54 Å². The summed E-state index contributed by atoms with van der Waals surface area (Å²) in [4.78, 5) is 4.75. The zero-order chi connectivity index (χ0) is 13.4. The molecule has 0 radical (unpaired) electrons. The molecule has 4 nitrogen and oxygen atoms in total. The molecule has 0 saturated carbocycles.